The molecule has 2 aliphatic carbocycles. The number of rotatable bonds is 0. The Labute approximate surface area is 174 Å². The molecule has 2 aliphatic heterocycles. The minimum absolute atomic E-state index is 0.705. The standard InChI is InChI=1S/C12H19N3.C11H17N3/c1-8-13-11-7-10-6-9(4-5-14(10)2)12(11)15(8)3;1-7-13-11-8-3-4-12-9(5-8)6-10(11)14(7)2/h9-10H,4-7H2,1-3H3;8-9,12H,3-6H2,1-2H3. The van der Waals surface area contributed by atoms with Gasteiger partial charge in [-0.1, -0.05) is 0 Å². The van der Waals surface area contributed by atoms with Crippen LogP contribution in [0.5, 0.6) is 0 Å². The van der Waals surface area contributed by atoms with Gasteiger partial charge in [0.15, 0.2) is 0 Å². The Balaban J connectivity index is 0.000000125. The minimum Gasteiger partial charge on any atom is -0.335 e. The lowest BCUT2D eigenvalue weighted by Crippen LogP contribution is -2.43. The van der Waals surface area contributed by atoms with Gasteiger partial charge in [-0.25, -0.2) is 9.97 Å². The highest BCUT2D eigenvalue weighted by molar-refractivity contribution is 5.27. The third-order valence-electron chi connectivity index (χ3n) is 8.05. The number of fused-ring (bicyclic) bond motifs is 8. The van der Waals surface area contributed by atoms with Gasteiger partial charge in [-0.05, 0) is 59.7 Å². The smallest absolute Gasteiger partial charge is 0.105 e. The second-order valence-electron chi connectivity index (χ2n) is 9.74. The third kappa shape index (κ3) is 3.25. The molecule has 4 unspecified atom stereocenters. The van der Waals surface area contributed by atoms with Gasteiger partial charge in [0.1, 0.15) is 11.6 Å². The van der Waals surface area contributed by atoms with E-state index in [0.717, 1.165) is 24.3 Å². The van der Waals surface area contributed by atoms with E-state index < -0.39 is 0 Å². The summed E-state index contributed by atoms with van der Waals surface area (Å²) in [6.45, 7) is 6.64. The molecular weight excluding hydrogens is 360 g/mol. The molecule has 2 aromatic heterocycles. The molecule has 4 heterocycles. The summed E-state index contributed by atoms with van der Waals surface area (Å²) in [5, 5.41) is 3.59. The first-order valence-electron chi connectivity index (χ1n) is 11.4. The van der Waals surface area contributed by atoms with Gasteiger partial charge in [-0.2, -0.15) is 0 Å². The monoisotopic (exact) mass is 396 g/mol. The van der Waals surface area contributed by atoms with Gasteiger partial charge in [0, 0.05) is 62.2 Å². The van der Waals surface area contributed by atoms with Gasteiger partial charge < -0.3 is 19.4 Å². The van der Waals surface area contributed by atoms with Gasteiger partial charge in [0.25, 0.3) is 0 Å². The van der Waals surface area contributed by atoms with E-state index in [1.165, 1.54) is 79.6 Å². The number of nitrogens with zero attached hydrogens (tertiary/aromatic N) is 5. The predicted octanol–water partition coefficient (Wildman–Crippen LogP) is 2.58. The van der Waals surface area contributed by atoms with E-state index >= 15 is 0 Å². The fraction of sp³-hybridized carbons (Fsp3) is 0.739. The Morgan fingerprint density at radius 1 is 0.897 bits per heavy atom. The number of aromatic nitrogens is 4. The Morgan fingerprint density at radius 2 is 1.69 bits per heavy atom. The summed E-state index contributed by atoms with van der Waals surface area (Å²) in [5.74, 6) is 3.84. The van der Waals surface area contributed by atoms with Gasteiger partial charge in [-0.15, -0.1) is 0 Å². The second kappa shape index (κ2) is 7.24. The SMILES string of the molecule is Cc1nc2c(n1C)C1CCN(C)C(C2)C1.Cc1nc2c(n1C)CC1CC2CCN1. The lowest BCUT2D eigenvalue weighted by Gasteiger charge is -2.40. The van der Waals surface area contributed by atoms with Crippen LogP contribution in [0.15, 0.2) is 0 Å². The lowest BCUT2D eigenvalue weighted by atomic mass is 9.80. The van der Waals surface area contributed by atoms with Crippen molar-refractivity contribution < 1.29 is 0 Å². The van der Waals surface area contributed by atoms with Crippen LogP contribution in [0, 0.1) is 13.8 Å². The number of likely N-dealkylation sites (N-methyl/N-ethyl adjacent to an activating group) is 1. The summed E-state index contributed by atoms with van der Waals surface area (Å²) in [4.78, 5) is 11.9. The maximum absolute atomic E-state index is 4.71. The average Bonchev–Trinajstić information content (AvgIpc) is 3.16. The predicted molar refractivity (Wildman–Crippen MR) is 115 cm³/mol. The van der Waals surface area contributed by atoms with Crippen molar-refractivity contribution in [2.45, 2.75) is 76.3 Å². The molecule has 29 heavy (non-hydrogen) atoms. The van der Waals surface area contributed by atoms with E-state index in [9.17, 15) is 0 Å². The highest BCUT2D eigenvalue weighted by atomic mass is 15.2. The molecule has 0 aromatic carbocycles. The molecule has 2 fully saturated rings. The molecule has 0 saturated carbocycles. The van der Waals surface area contributed by atoms with Crippen LogP contribution in [0.25, 0.3) is 0 Å². The fourth-order valence-electron chi connectivity index (χ4n) is 6.13. The zero-order chi connectivity index (χ0) is 20.3. The molecule has 0 amide bonds. The van der Waals surface area contributed by atoms with Crippen molar-refractivity contribution in [3.63, 3.8) is 0 Å². The first-order valence-corrected chi connectivity index (χ1v) is 11.4. The molecule has 4 atom stereocenters. The Kier molecular flexibility index (Phi) is 4.82. The average molecular weight is 397 g/mol. The maximum atomic E-state index is 4.71. The summed E-state index contributed by atoms with van der Waals surface area (Å²) >= 11 is 0. The van der Waals surface area contributed by atoms with Crippen LogP contribution in [0.4, 0.5) is 0 Å². The summed E-state index contributed by atoms with van der Waals surface area (Å²) in [7, 11) is 6.56. The van der Waals surface area contributed by atoms with Crippen molar-refractivity contribution in [1.29, 1.82) is 0 Å². The van der Waals surface area contributed by atoms with Crippen LogP contribution in [-0.4, -0.2) is 56.2 Å². The van der Waals surface area contributed by atoms with Gasteiger partial charge in [-0.3, -0.25) is 0 Å². The Hall–Kier alpha value is -1.66. The van der Waals surface area contributed by atoms with E-state index in [1.54, 1.807) is 0 Å². The first kappa shape index (κ1) is 19.3. The van der Waals surface area contributed by atoms with Crippen LogP contribution < -0.4 is 5.32 Å². The van der Waals surface area contributed by atoms with Crippen LogP contribution in [0.3, 0.4) is 0 Å². The summed E-state index contributed by atoms with van der Waals surface area (Å²) in [6.07, 6.45) is 7.53. The quantitative estimate of drug-likeness (QED) is 0.744. The van der Waals surface area contributed by atoms with E-state index in [4.69, 9.17) is 9.97 Å². The summed E-state index contributed by atoms with van der Waals surface area (Å²) in [6, 6.07) is 1.45. The molecule has 0 radical (unpaired) electrons. The van der Waals surface area contributed by atoms with E-state index in [1.807, 2.05) is 0 Å². The molecule has 1 N–H and O–H groups in total. The number of aryl methyl sites for hydroxylation is 2. The number of nitrogens with one attached hydrogen (secondary N) is 1. The Bertz CT molecular complexity index is 909. The minimum atomic E-state index is 0.705. The number of likely N-dealkylation sites (tertiary alicyclic amines) is 1. The van der Waals surface area contributed by atoms with Crippen molar-refractivity contribution in [2.24, 2.45) is 14.1 Å². The van der Waals surface area contributed by atoms with Crippen LogP contribution in [0.1, 0.15) is 71.9 Å². The largest absolute Gasteiger partial charge is 0.335 e. The summed E-state index contributed by atoms with van der Waals surface area (Å²) < 4.78 is 4.57. The number of hydrogen-bond donors (Lipinski definition) is 1. The molecule has 4 aliphatic rings. The number of hydrogen-bond acceptors (Lipinski definition) is 4. The molecular formula is C23H36N6. The van der Waals surface area contributed by atoms with Crippen LogP contribution in [0.2, 0.25) is 0 Å². The Morgan fingerprint density at radius 3 is 2.52 bits per heavy atom. The normalized spacial score (nSPS) is 30.2. The molecule has 6 nitrogen and oxygen atoms in total. The molecule has 2 aromatic rings. The van der Waals surface area contributed by atoms with Crippen LogP contribution >= 0.6 is 0 Å². The zero-order valence-electron chi connectivity index (χ0n) is 18.7. The van der Waals surface area contributed by atoms with Gasteiger partial charge in [0.05, 0.1) is 11.4 Å². The molecule has 2 saturated heterocycles. The topological polar surface area (TPSA) is 50.9 Å². The van der Waals surface area contributed by atoms with E-state index in [-0.39, 0.29) is 0 Å². The highest BCUT2D eigenvalue weighted by Crippen LogP contribution is 2.39. The lowest BCUT2D eigenvalue weighted by molar-refractivity contribution is 0.153. The van der Waals surface area contributed by atoms with Crippen LogP contribution in [-0.2, 0) is 26.9 Å². The first-order chi connectivity index (χ1) is 13.9. The maximum Gasteiger partial charge on any atom is 0.105 e. The van der Waals surface area contributed by atoms with Crippen molar-refractivity contribution in [3.05, 3.63) is 34.4 Å². The molecule has 6 heteroatoms. The van der Waals surface area contributed by atoms with Crippen molar-refractivity contribution in [3.8, 4) is 0 Å². The number of imidazole rings is 2. The van der Waals surface area contributed by atoms with Crippen molar-refractivity contribution in [2.75, 3.05) is 20.1 Å². The molecule has 4 bridgehead atoms. The zero-order valence-corrected chi connectivity index (χ0v) is 18.7. The molecule has 6 rings (SSSR count). The van der Waals surface area contributed by atoms with E-state index in [0.29, 0.717) is 6.04 Å². The molecule has 158 valence electrons. The van der Waals surface area contributed by atoms with Crippen molar-refractivity contribution in [1.82, 2.24) is 29.3 Å². The third-order valence-corrected chi connectivity index (χ3v) is 8.05. The van der Waals surface area contributed by atoms with Gasteiger partial charge in [0.2, 0.25) is 0 Å². The summed E-state index contributed by atoms with van der Waals surface area (Å²) in [5.41, 5.74) is 5.75. The second-order valence-corrected chi connectivity index (χ2v) is 9.74. The number of piperidine rings is 2. The van der Waals surface area contributed by atoms with Crippen molar-refractivity contribution >= 4 is 0 Å². The molecule has 0 spiro atoms. The highest BCUT2D eigenvalue weighted by Gasteiger charge is 2.36. The van der Waals surface area contributed by atoms with E-state index in [2.05, 4.69) is 54.3 Å². The van der Waals surface area contributed by atoms with Gasteiger partial charge >= 0.3 is 0 Å². The fourth-order valence-corrected chi connectivity index (χ4v) is 6.13.